The first-order valence-electron chi connectivity index (χ1n) is 7.91. The number of hydrogen-bond acceptors (Lipinski definition) is 4. The van der Waals surface area contributed by atoms with Gasteiger partial charge in [-0.1, -0.05) is 0 Å². The molecule has 1 N–H and O–H groups in total. The number of aromatic carboxylic acids is 1. The van der Waals surface area contributed by atoms with Gasteiger partial charge in [0.1, 0.15) is 5.75 Å². The number of ketones is 1. The minimum absolute atomic E-state index is 0.0266. The number of benzene rings is 2. The van der Waals surface area contributed by atoms with E-state index < -0.39 is 5.97 Å². The monoisotopic (exact) mass is 325 g/mol. The van der Waals surface area contributed by atoms with Crippen LogP contribution in [0.15, 0.2) is 42.5 Å². The van der Waals surface area contributed by atoms with Gasteiger partial charge < -0.3 is 14.7 Å². The minimum Gasteiger partial charge on any atom is -0.497 e. The van der Waals surface area contributed by atoms with Crippen molar-refractivity contribution in [2.75, 3.05) is 25.1 Å². The standard InChI is InChI=1S/C19H19NO4/c1-24-15-7-4-13(5-8-15)18(21)17-12-14(20-10-2-3-11-20)6-9-16(17)19(22)23/h4-9,12H,2-3,10-11H2,1H3,(H,22,23). The van der Waals surface area contributed by atoms with E-state index in [4.69, 9.17) is 4.74 Å². The molecule has 0 aromatic heterocycles. The largest absolute Gasteiger partial charge is 0.497 e. The van der Waals surface area contributed by atoms with Gasteiger partial charge in [0.05, 0.1) is 12.7 Å². The highest BCUT2D eigenvalue weighted by atomic mass is 16.5. The third-order valence-corrected chi connectivity index (χ3v) is 4.30. The molecule has 1 heterocycles. The molecule has 1 aliphatic rings. The number of carboxylic acid groups (broad SMARTS) is 1. The van der Waals surface area contributed by atoms with E-state index in [1.54, 1.807) is 43.5 Å². The van der Waals surface area contributed by atoms with E-state index in [-0.39, 0.29) is 16.9 Å². The average Bonchev–Trinajstić information content (AvgIpc) is 3.15. The Morgan fingerprint density at radius 1 is 1.00 bits per heavy atom. The Hall–Kier alpha value is -2.82. The second-order valence-corrected chi connectivity index (χ2v) is 5.79. The van der Waals surface area contributed by atoms with Gasteiger partial charge in [0.15, 0.2) is 5.78 Å². The van der Waals surface area contributed by atoms with Gasteiger partial charge in [-0.05, 0) is 55.3 Å². The predicted molar refractivity (Wildman–Crippen MR) is 91.3 cm³/mol. The van der Waals surface area contributed by atoms with Crippen LogP contribution in [0.4, 0.5) is 5.69 Å². The lowest BCUT2D eigenvalue weighted by Gasteiger charge is -2.19. The Morgan fingerprint density at radius 2 is 1.67 bits per heavy atom. The average molecular weight is 325 g/mol. The Morgan fingerprint density at radius 3 is 2.25 bits per heavy atom. The van der Waals surface area contributed by atoms with Crippen molar-refractivity contribution >= 4 is 17.4 Å². The van der Waals surface area contributed by atoms with Gasteiger partial charge in [0.2, 0.25) is 0 Å². The molecule has 0 unspecified atom stereocenters. The molecule has 2 aromatic rings. The number of carboxylic acids is 1. The lowest BCUT2D eigenvalue weighted by atomic mass is 9.97. The van der Waals surface area contributed by atoms with E-state index in [1.807, 2.05) is 0 Å². The SMILES string of the molecule is COc1ccc(C(=O)c2cc(N3CCCC3)ccc2C(=O)O)cc1. The van der Waals surface area contributed by atoms with Gasteiger partial charge in [-0.15, -0.1) is 0 Å². The summed E-state index contributed by atoms with van der Waals surface area (Å²) in [6.45, 7) is 1.87. The molecule has 1 saturated heterocycles. The number of nitrogens with zero attached hydrogens (tertiary/aromatic N) is 1. The minimum atomic E-state index is -1.10. The fourth-order valence-corrected chi connectivity index (χ4v) is 2.98. The molecule has 0 spiro atoms. The van der Waals surface area contributed by atoms with Crippen LogP contribution in [-0.2, 0) is 0 Å². The molecule has 0 amide bonds. The van der Waals surface area contributed by atoms with Gasteiger partial charge in [-0.2, -0.15) is 0 Å². The summed E-state index contributed by atoms with van der Waals surface area (Å²) in [5.74, 6) is -0.744. The molecule has 2 aromatic carbocycles. The smallest absolute Gasteiger partial charge is 0.336 e. The molecule has 0 radical (unpaired) electrons. The van der Waals surface area contributed by atoms with Crippen LogP contribution in [0.1, 0.15) is 39.1 Å². The molecule has 5 heteroatoms. The fraction of sp³-hybridized carbons (Fsp3) is 0.263. The van der Waals surface area contributed by atoms with E-state index in [0.717, 1.165) is 31.6 Å². The van der Waals surface area contributed by atoms with Gasteiger partial charge in [-0.3, -0.25) is 4.79 Å². The topological polar surface area (TPSA) is 66.8 Å². The van der Waals surface area contributed by atoms with Crippen molar-refractivity contribution in [3.63, 3.8) is 0 Å². The summed E-state index contributed by atoms with van der Waals surface area (Å²) >= 11 is 0. The van der Waals surface area contributed by atoms with Crippen molar-refractivity contribution in [2.24, 2.45) is 0 Å². The molecule has 0 aliphatic carbocycles. The Bertz CT molecular complexity index is 761. The number of carbonyl (C=O) groups is 2. The van der Waals surface area contributed by atoms with E-state index in [9.17, 15) is 14.7 Å². The molecular formula is C19H19NO4. The van der Waals surface area contributed by atoms with Crippen molar-refractivity contribution in [1.29, 1.82) is 0 Å². The summed E-state index contributed by atoms with van der Waals surface area (Å²) in [5, 5.41) is 9.41. The number of hydrogen-bond donors (Lipinski definition) is 1. The van der Waals surface area contributed by atoms with Gasteiger partial charge in [0.25, 0.3) is 0 Å². The van der Waals surface area contributed by atoms with Crippen molar-refractivity contribution in [1.82, 2.24) is 0 Å². The Balaban J connectivity index is 2.00. The zero-order valence-corrected chi connectivity index (χ0v) is 13.5. The summed E-state index contributed by atoms with van der Waals surface area (Å²) in [5.41, 5.74) is 1.59. The van der Waals surface area contributed by atoms with Crippen molar-refractivity contribution in [3.8, 4) is 5.75 Å². The maximum atomic E-state index is 12.8. The highest BCUT2D eigenvalue weighted by Gasteiger charge is 2.21. The number of methoxy groups -OCH3 is 1. The van der Waals surface area contributed by atoms with Crippen molar-refractivity contribution < 1.29 is 19.4 Å². The van der Waals surface area contributed by atoms with Crippen LogP contribution in [-0.4, -0.2) is 37.1 Å². The Labute approximate surface area is 140 Å². The fourth-order valence-electron chi connectivity index (χ4n) is 2.98. The van der Waals surface area contributed by atoms with Crippen LogP contribution in [0.2, 0.25) is 0 Å². The highest BCUT2D eigenvalue weighted by Crippen LogP contribution is 2.26. The molecule has 5 nitrogen and oxygen atoms in total. The lowest BCUT2D eigenvalue weighted by molar-refractivity contribution is 0.0693. The lowest BCUT2D eigenvalue weighted by Crippen LogP contribution is -2.19. The van der Waals surface area contributed by atoms with Crippen molar-refractivity contribution in [2.45, 2.75) is 12.8 Å². The number of rotatable bonds is 5. The summed E-state index contributed by atoms with van der Waals surface area (Å²) < 4.78 is 5.09. The molecule has 3 rings (SSSR count). The number of carbonyl (C=O) groups excluding carboxylic acids is 1. The predicted octanol–water partition coefficient (Wildman–Crippen LogP) is 3.22. The van der Waals surface area contributed by atoms with Crippen LogP contribution < -0.4 is 9.64 Å². The van der Waals surface area contributed by atoms with Crippen LogP contribution in [0, 0.1) is 0 Å². The number of ether oxygens (including phenoxy) is 1. The quantitative estimate of drug-likeness (QED) is 0.855. The maximum Gasteiger partial charge on any atom is 0.336 e. The second kappa shape index (κ2) is 6.74. The first-order chi connectivity index (χ1) is 11.6. The van der Waals surface area contributed by atoms with Crippen LogP contribution >= 0.6 is 0 Å². The highest BCUT2D eigenvalue weighted by molar-refractivity contribution is 6.14. The molecule has 0 bridgehead atoms. The second-order valence-electron chi connectivity index (χ2n) is 5.79. The maximum absolute atomic E-state index is 12.8. The molecule has 124 valence electrons. The molecular weight excluding hydrogens is 306 g/mol. The van der Waals surface area contributed by atoms with Gasteiger partial charge >= 0.3 is 5.97 Å². The third kappa shape index (κ3) is 3.11. The van der Waals surface area contributed by atoms with Crippen molar-refractivity contribution in [3.05, 3.63) is 59.2 Å². The summed E-state index contributed by atoms with van der Waals surface area (Å²) in [6.07, 6.45) is 2.23. The number of anilines is 1. The zero-order valence-electron chi connectivity index (χ0n) is 13.5. The summed E-state index contributed by atoms with van der Waals surface area (Å²) in [4.78, 5) is 26.5. The first-order valence-corrected chi connectivity index (χ1v) is 7.91. The van der Waals surface area contributed by atoms with E-state index >= 15 is 0 Å². The van der Waals surface area contributed by atoms with E-state index in [0.29, 0.717) is 11.3 Å². The zero-order chi connectivity index (χ0) is 17.1. The summed E-state index contributed by atoms with van der Waals surface area (Å²) in [6, 6.07) is 11.7. The van der Waals surface area contributed by atoms with Crippen LogP contribution in [0.3, 0.4) is 0 Å². The summed E-state index contributed by atoms with van der Waals surface area (Å²) in [7, 11) is 1.55. The molecule has 0 atom stereocenters. The molecule has 0 saturated carbocycles. The van der Waals surface area contributed by atoms with Gasteiger partial charge in [0, 0.05) is 29.9 Å². The molecule has 1 fully saturated rings. The Kier molecular flexibility index (Phi) is 4.51. The van der Waals surface area contributed by atoms with Crippen LogP contribution in [0.25, 0.3) is 0 Å². The van der Waals surface area contributed by atoms with Crippen LogP contribution in [0.5, 0.6) is 5.75 Å². The first kappa shape index (κ1) is 16.1. The normalized spacial score (nSPS) is 13.8. The van der Waals surface area contributed by atoms with Gasteiger partial charge in [-0.25, -0.2) is 4.79 Å². The molecule has 1 aliphatic heterocycles. The van der Waals surface area contributed by atoms with E-state index in [2.05, 4.69) is 4.90 Å². The van der Waals surface area contributed by atoms with E-state index in [1.165, 1.54) is 6.07 Å². The third-order valence-electron chi connectivity index (χ3n) is 4.30. The molecule has 24 heavy (non-hydrogen) atoms.